The fourth-order valence-corrected chi connectivity index (χ4v) is 5.31. The van der Waals surface area contributed by atoms with Crippen molar-refractivity contribution in [1.29, 1.82) is 5.26 Å². The van der Waals surface area contributed by atoms with Crippen LogP contribution >= 0.6 is 0 Å². The van der Waals surface area contributed by atoms with Crippen molar-refractivity contribution in [1.82, 2.24) is 15.0 Å². The lowest BCUT2D eigenvalue weighted by Crippen LogP contribution is -2.53. The molecule has 3 aromatic rings. The van der Waals surface area contributed by atoms with Crippen molar-refractivity contribution in [3.63, 3.8) is 0 Å². The molecule has 10 nitrogen and oxygen atoms in total. The summed E-state index contributed by atoms with van der Waals surface area (Å²) >= 11 is 0. The zero-order valence-corrected chi connectivity index (χ0v) is 23.2. The molecule has 2 atom stereocenters. The van der Waals surface area contributed by atoms with Crippen LogP contribution in [-0.4, -0.2) is 77.5 Å². The summed E-state index contributed by atoms with van der Waals surface area (Å²) in [5, 5.41) is 18.2. The number of hydrogen-bond donors (Lipinski definition) is 1. The number of alkyl halides is 3. The van der Waals surface area contributed by atoms with Gasteiger partial charge in [0.25, 0.3) is 0 Å². The minimum atomic E-state index is -4.69. The Morgan fingerprint density at radius 2 is 1.86 bits per heavy atom. The average Bonchev–Trinajstić information content (AvgIpc) is 2.96. The Balaban J connectivity index is 1.46. The van der Waals surface area contributed by atoms with Gasteiger partial charge in [0.1, 0.15) is 11.6 Å². The number of halogens is 3. The van der Waals surface area contributed by atoms with Crippen LogP contribution in [0, 0.1) is 11.3 Å². The van der Waals surface area contributed by atoms with E-state index in [-0.39, 0.29) is 36.6 Å². The second kappa shape index (κ2) is 11.8. The lowest BCUT2D eigenvalue weighted by Gasteiger charge is -2.42. The molecule has 42 heavy (non-hydrogen) atoms. The molecule has 2 aromatic heterocycles. The van der Waals surface area contributed by atoms with Gasteiger partial charge in [0.15, 0.2) is 0 Å². The van der Waals surface area contributed by atoms with E-state index in [0.717, 1.165) is 11.6 Å². The van der Waals surface area contributed by atoms with Crippen LogP contribution in [0.15, 0.2) is 42.6 Å². The van der Waals surface area contributed by atoms with Gasteiger partial charge in [-0.25, -0.2) is 9.97 Å². The van der Waals surface area contributed by atoms with Crippen molar-refractivity contribution in [3.05, 3.63) is 59.3 Å². The van der Waals surface area contributed by atoms with E-state index in [0.29, 0.717) is 49.3 Å². The number of anilines is 3. The summed E-state index contributed by atoms with van der Waals surface area (Å²) in [6.45, 7) is 6.51. The highest BCUT2D eigenvalue weighted by molar-refractivity contribution is 5.70. The van der Waals surface area contributed by atoms with Crippen LogP contribution in [0.2, 0.25) is 0 Å². The zero-order valence-electron chi connectivity index (χ0n) is 23.2. The maximum atomic E-state index is 14.0. The molecule has 0 saturated carbocycles. The fourth-order valence-electron chi connectivity index (χ4n) is 5.31. The first-order chi connectivity index (χ1) is 20.0. The third-order valence-corrected chi connectivity index (χ3v) is 7.44. The topological polar surface area (TPSA) is 119 Å². The van der Waals surface area contributed by atoms with Crippen LogP contribution in [-0.2, 0) is 22.1 Å². The summed E-state index contributed by atoms with van der Waals surface area (Å²) in [4.78, 5) is 30.6. The van der Waals surface area contributed by atoms with Gasteiger partial charge in [0.05, 0.1) is 48.6 Å². The summed E-state index contributed by atoms with van der Waals surface area (Å²) in [5.41, 5.74) is 1.05. The van der Waals surface area contributed by atoms with Gasteiger partial charge in [-0.15, -0.1) is 0 Å². The van der Waals surface area contributed by atoms with Gasteiger partial charge in [0, 0.05) is 50.0 Å². The minimum absolute atomic E-state index is 0.00792. The summed E-state index contributed by atoms with van der Waals surface area (Å²) < 4.78 is 47.6. The molecule has 0 aliphatic carbocycles. The van der Waals surface area contributed by atoms with Gasteiger partial charge >= 0.3 is 12.1 Å². The number of hydrogen-bond acceptors (Lipinski definition) is 9. The van der Waals surface area contributed by atoms with Crippen molar-refractivity contribution < 1.29 is 27.8 Å². The number of aromatic nitrogens is 3. The van der Waals surface area contributed by atoms with Gasteiger partial charge in [0.2, 0.25) is 5.95 Å². The minimum Gasteiger partial charge on any atom is -0.481 e. The molecular formula is C29H30F3N7O3. The molecular weight excluding hydrogens is 551 g/mol. The number of piperazine rings is 1. The number of benzene rings is 1. The highest BCUT2D eigenvalue weighted by Crippen LogP contribution is 2.37. The summed E-state index contributed by atoms with van der Waals surface area (Å²) in [7, 11) is 0. The molecule has 2 saturated heterocycles. The van der Waals surface area contributed by atoms with Crippen LogP contribution in [0.25, 0.3) is 11.3 Å². The van der Waals surface area contributed by atoms with Crippen molar-refractivity contribution in [2.24, 2.45) is 0 Å². The Kier molecular flexibility index (Phi) is 8.17. The molecule has 13 heteroatoms. The van der Waals surface area contributed by atoms with Gasteiger partial charge in [-0.2, -0.15) is 23.4 Å². The second-order valence-corrected chi connectivity index (χ2v) is 10.5. The van der Waals surface area contributed by atoms with E-state index < -0.39 is 24.1 Å². The molecule has 0 amide bonds. The summed E-state index contributed by atoms with van der Waals surface area (Å²) in [6.07, 6.45) is -4.04. The lowest BCUT2D eigenvalue weighted by molar-refractivity contribution is -0.138. The Morgan fingerprint density at radius 3 is 2.50 bits per heavy atom. The Hall–Kier alpha value is -4.44. The number of carboxylic acid groups (broad SMARTS) is 1. The van der Waals surface area contributed by atoms with Crippen LogP contribution in [0.4, 0.5) is 30.8 Å². The van der Waals surface area contributed by atoms with Crippen molar-refractivity contribution in [2.45, 2.75) is 38.5 Å². The highest BCUT2D eigenvalue weighted by Gasteiger charge is 2.38. The lowest BCUT2D eigenvalue weighted by atomic mass is 10.1. The quantitative estimate of drug-likeness (QED) is 0.458. The SMILES string of the molecule is C[C@@H]1CN(c2ncc(CC(=O)O)cc2C(F)(F)F)CCN1c1cc(-c2ccc(C#N)cc2)nc(N2CCOC[C@@H]2C)n1. The highest BCUT2D eigenvalue weighted by atomic mass is 19.4. The van der Waals surface area contributed by atoms with E-state index in [2.05, 4.69) is 16.0 Å². The Bertz CT molecular complexity index is 1490. The predicted octanol–water partition coefficient (Wildman–Crippen LogP) is 4.00. The molecule has 0 unspecified atom stereocenters. The van der Waals surface area contributed by atoms with Crippen molar-refractivity contribution in [2.75, 3.05) is 54.1 Å². The van der Waals surface area contributed by atoms with Crippen LogP contribution < -0.4 is 14.7 Å². The van der Waals surface area contributed by atoms with E-state index in [1.165, 1.54) is 6.20 Å². The van der Waals surface area contributed by atoms with Crippen molar-refractivity contribution >= 4 is 23.6 Å². The molecule has 4 heterocycles. The molecule has 2 aliphatic rings. The smallest absolute Gasteiger partial charge is 0.419 e. The Morgan fingerprint density at radius 1 is 1.10 bits per heavy atom. The molecule has 220 valence electrons. The molecule has 0 radical (unpaired) electrons. The normalized spacial score (nSPS) is 19.5. The van der Waals surface area contributed by atoms with E-state index in [9.17, 15) is 23.2 Å². The first-order valence-electron chi connectivity index (χ1n) is 13.6. The largest absolute Gasteiger partial charge is 0.481 e. The van der Waals surface area contributed by atoms with Gasteiger partial charge in [-0.05, 0) is 37.6 Å². The van der Waals surface area contributed by atoms with Crippen LogP contribution in [0.5, 0.6) is 0 Å². The summed E-state index contributed by atoms with van der Waals surface area (Å²) in [6, 6.07) is 11.8. The fraction of sp³-hybridized carbons (Fsp3) is 0.414. The van der Waals surface area contributed by atoms with E-state index >= 15 is 0 Å². The molecule has 0 spiro atoms. The van der Waals surface area contributed by atoms with E-state index in [1.54, 1.807) is 17.0 Å². The average molecular weight is 582 g/mol. The monoisotopic (exact) mass is 581 g/mol. The molecule has 1 aromatic carbocycles. The molecule has 0 bridgehead atoms. The van der Waals surface area contributed by atoms with Crippen molar-refractivity contribution in [3.8, 4) is 17.3 Å². The van der Waals surface area contributed by atoms with E-state index in [1.807, 2.05) is 36.9 Å². The first kappa shape index (κ1) is 29.1. The summed E-state index contributed by atoms with van der Waals surface area (Å²) in [5.74, 6) is -0.263. The predicted molar refractivity (Wildman–Crippen MR) is 149 cm³/mol. The molecule has 5 rings (SSSR count). The number of ether oxygens (including phenoxy) is 1. The third kappa shape index (κ3) is 6.23. The number of rotatable bonds is 6. The van der Waals surface area contributed by atoms with Crippen LogP contribution in [0.3, 0.4) is 0 Å². The van der Waals surface area contributed by atoms with Gasteiger partial charge < -0.3 is 24.5 Å². The molecule has 2 fully saturated rings. The maximum absolute atomic E-state index is 14.0. The van der Waals surface area contributed by atoms with Gasteiger partial charge in [-0.3, -0.25) is 4.79 Å². The standard InChI is InChI=1S/C29H30F3N7O3/c1-18-16-37(27-23(29(30,31)32)11-21(15-34-27)12-26(40)41)7-8-38(18)25-13-24(22-5-3-20(14-33)4-6-22)35-28(36-25)39-9-10-42-17-19(39)2/h3-6,11,13,15,18-19H,7-10,12,16-17H2,1-2H3,(H,40,41)/t18-,19+/m1/s1. The maximum Gasteiger partial charge on any atom is 0.419 e. The number of carbonyl (C=O) groups is 1. The number of nitrogens with zero attached hydrogens (tertiary/aromatic N) is 7. The first-order valence-corrected chi connectivity index (χ1v) is 13.6. The Labute approximate surface area is 241 Å². The number of nitriles is 1. The number of carboxylic acids is 1. The second-order valence-electron chi connectivity index (χ2n) is 10.5. The van der Waals surface area contributed by atoms with Gasteiger partial charge in [-0.1, -0.05) is 12.1 Å². The number of morpholine rings is 1. The zero-order chi connectivity index (χ0) is 30.0. The van der Waals surface area contributed by atoms with Crippen LogP contribution in [0.1, 0.15) is 30.5 Å². The molecule has 2 aliphatic heterocycles. The number of pyridine rings is 1. The molecule has 1 N–H and O–H groups in total. The van der Waals surface area contributed by atoms with E-state index in [4.69, 9.17) is 19.8 Å². The number of aliphatic carboxylic acids is 1. The third-order valence-electron chi connectivity index (χ3n) is 7.44.